The van der Waals surface area contributed by atoms with Crippen molar-refractivity contribution >= 4 is 11.3 Å². The molecule has 0 aliphatic heterocycles. The van der Waals surface area contributed by atoms with Crippen molar-refractivity contribution in [2.45, 2.75) is 110 Å². The Morgan fingerprint density at radius 2 is 1.44 bits per heavy atom. The summed E-state index contributed by atoms with van der Waals surface area (Å²) in [7, 11) is 0. The topological polar surface area (TPSA) is 35.0 Å². The summed E-state index contributed by atoms with van der Waals surface area (Å²) in [5, 5.41) is 11.0. The van der Waals surface area contributed by atoms with Crippen molar-refractivity contribution in [1.29, 1.82) is 0 Å². The summed E-state index contributed by atoms with van der Waals surface area (Å²) in [4.78, 5) is 0. The molecule has 1 fully saturated rings. The predicted octanol–water partition coefficient (Wildman–Crippen LogP) is 8.87. The third kappa shape index (κ3) is 8.84. The molecule has 4 heteroatoms. The smallest absolute Gasteiger partial charge is 0.147 e. The minimum atomic E-state index is 0.830. The van der Waals surface area contributed by atoms with Crippen LogP contribution in [-0.4, -0.2) is 16.8 Å². The lowest BCUT2D eigenvalue weighted by Crippen LogP contribution is -2.15. The van der Waals surface area contributed by atoms with Gasteiger partial charge in [0, 0.05) is 12.0 Å². The lowest BCUT2D eigenvalue weighted by Gasteiger charge is -2.28. The number of benzene rings is 1. The first-order chi connectivity index (χ1) is 15.8. The first-order valence-electron chi connectivity index (χ1n) is 13.3. The van der Waals surface area contributed by atoms with Crippen LogP contribution in [0.3, 0.4) is 0 Å². The molecule has 0 radical (unpaired) electrons. The van der Waals surface area contributed by atoms with Crippen LogP contribution in [0.25, 0.3) is 10.6 Å². The predicted molar refractivity (Wildman–Crippen MR) is 138 cm³/mol. The Bertz CT molecular complexity index is 734. The molecule has 1 aliphatic carbocycles. The van der Waals surface area contributed by atoms with E-state index >= 15 is 0 Å². The number of ether oxygens (including phenoxy) is 1. The van der Waals surface area contributed by atoms with Gasteiger partial charge in [0.25, 0.3) is 0 Å². The monoisotopic (exact) mass is 456 g/mol. The van der Waals surface area contributed by atoms with Crippen LogP contribution in [0.1, 0.15) is 109 Å². The second kappa shape index (κ2) is 14.7. The first-order valence-corrected chi connectivity index (χ1v) is 14.2. The number of unbranched alkanes of at least 4 members (excludes halogenated alkanes) is 5. The van der Waals surface area contributed by atoms with Crippen molar-refractivity contribution in [3.8, 4) is 16.3 Å². The molecule has 2 aromatic rings. The van der Waals surface area contributed by atoms with Crippen LogP contribution in [0.15, 0.2) is 24.3 Å². The highest BCUT2D eigenvalue weighted by Crippen LogP contribution is 2.34. The Balaban J connectivity index is 1.31. The molecule has 1 aromatic heterocycles. The van der Waals surface area contributed by atoms with Crippen molar-refractivity contribution in [3.63, 3.8) is 0 Å². The number of rotatable bonds is 15. The van der Waals surface area contributed by atoms with Gasteiger partial charge in [-0.25, -0.2) is 0 Å². The maximum absolute atomic E-state index is 6.02. The first kappa shape index (κ1) is 25.2. The lowest BCUT2D eigenvalue weighted by molar-refractivity contribution is 0.228. The van der Waals surface area contributed by atoms with Crippen LogP contribution in [0, 0.1) is 11.8 Å². The van der Waals surface area contributed by atoms with Crippen molar-refractivity contribution in [1.82, 2.24) is 10.2 Å². The zero-order chi connectivity index (χ0) is 22.4. The number of aromatic nitrogens is 2. The largest absolute Gasteiger partial charge is 0.494 e. The van der Waals surface area contributed by atoms with Gasteiger partial charge in [-0.2, -0.15) is 0 Å². The van der Waals surface area contributed by atoms with Gasteiger partial charge in [-0.1, -0.05) is 95.8 Å². The molecule has 0 saturated heterocycles. The zero-order valence-corrected chi connectivity index (χ0v) is 21.3. The maximum atomic E-state index is 6.02. The molecular formula is C28H44N2OS. The standard InChI is InChI=1S/C28H44N2OS/c1-3-5-7-9-13-27-29-30-28(32-27)25-18-20-26(21-19-25)31-22-10-12-24-16-14-23(15-17-24)11-8-6-4-2/h18-21,23-24H,3-17,22H2,1-2H3. The average molecular weight is 457 g/mol. The minimum Gasteiger partial charge on any atom is -0.494 e. The van der Waals surface area contributed by atoms with Gasteiger partial charge < -0.3 is 4.74 Å². The van der Waals surface area contributed by atoms with Crippen molar-refractivity contribution in [2.75, 3.05) is 6.61 Å². The summed E-state index contributed by atoms with van der Waals surface area (Å²) in [6.07, 6.45) is 20.1. The van der Waals surface area contributed by atoms with E-state index in [1.54, 1.807) is 11.3 Å². The molecule has 0 spiro atoms. The molecule has 3 nitrogen and oxygen atoms in total. The van der Waals surface area contributed by atoms with E-state index in [0.717, 1.165) is 46.2 Å². The number of hydrogen-bond acceptors (Lipinski definition) is 4. The Labute approximate surface area is 200 Å². The number of hydrogen-bond donors (Lipinski definition) is 0. The molecule has 3 rings (SSSR count). The van der Waals surface area contributed by atoms with E-state index in [1.165, 1.54) is 89.9 Å². The van der Waals surface area contributed by atoms with Crippen LogP contribution < -0.4 is 4.74 Å². The van der Waals surface area contributed by atoms with Gasteiger partial charge in [-0.05, 0) is 55.4 Å². The molecule has 1 aromatic carbocycles. The van der Waals surface area contributed by atoms with Gasteiger partial charge in [0.2, 0.25) is 0 Å². The molecule has 178 valence electrons. The second-order valence-corrected chi connectivity index (χ2v) is 10.8. The Morgan fingerprint density at radius 3 is 2.12 bits per heavy atom. The van der Waals surface area contributed by atoms with Crippen molar-refractivity contribution in [2.24, 2.45) is 11.8 Å². The molecule has 0 unspecified atom stereocenters. The van der Waals surface area contributed by atoms with E-state index in [0.29, 0.717) is 0 Å². The normalized spacial score (nSPS) is 18.7. The highest BCUT2D eigenvalue weighted by Gasteiger charge is 2.20. The van der Waals surface area contributed by atoms with Gasteiger partial charge in [0.15, 0.2) is 0 Å². The molecule has 1 heterocycles. The van der Waals surface area contributed by atoms with Crippen LogP contribution >= 0.6 is 11.3 Å². The Hall–Kier alpha value is -1.42. The highest BCUT2D eigenvalue weighted by atomic mass is 32.1. The number of aryl methyl sites for hydroxylation is 1. The summed E-state index contributed by atoms with van der Waals surface area (Å²) in [5.74, 6) is 2.91. The molecule has 1 saturated carbocycles. The Kier molecular flexibility index (Phi) is 11.6. The van der Waals surface area contributed by atoms with E-state index in [2.05, 4.69) is 48.3 Å². The van der Waals surface area contributed by atoms with Gasteiger partial charge in [0.05, 0.1) is 6.61 Å². The second-order valence-electron chi connectivity index (χ2n) is 9.71. The van der Waals surface area contributed by atoms with E-state index in [4.69, 9.17) is 4.74 Å². The van der Waals surface area contributed by atoms with Crippen LogP contribution in [-0.2, 0) is 6.42 Å². The van der Waals surface area contributed by atoms with Gasteiger partial charge in [-0.3, -0.25) is 0 Å². The molecule has 32 heavy (non-hydrogen) atoms. The highest BCUT2D eigenvalue weighted by molar-refractivity contribution is 7.14. The molecule has 0 amide bonds. The minimum absolute atomic E-state index is 0.830. The van der Waals surface area contributed by atoms with Gasteiger partial charge in [0.1, 0.15) is 15.8 Å². The fourth-order valence-corrected chi connectivity index (χ4v) is 5.81. The Morgan fingerprint density at radius 1 is 0.781 bits per heavy atom. The SMILES string of the molecule is CCCCCCc1nnc(-c2ccc(OCCCC3CCC(CCCCC)CC3)cc2)s1. The van der Waals surface area contributed by atoms with Crippen LogP contribution in [0.5, 0.6) is 5.75 Å². The van der Waals surface area contributed by atoms with Crippen LogP contribution in [0.4, 0.5) is 0 Å². The summed E-state index contributed by atoms with van der Waals surface area (Å²) in [6, 6.07) is 8.41. The lowest BCUT2D eigenvalue weighted by atomic mass is 9.78. The number of nitrogens with zero attached hydrogens (tertiary/aromatic N) is 2. The van der Waals surface area contributed by atoms with Gasteiger partial charge >= 0.3 is 0 Å². The van der Waals surface area contributed by atoms with Crippen LogP contribution in [0.2, 0.25) is 0 Å². The molecule has 0 N–H and O–H groups in total. The summed E-state index contributed by atoms with van der Waals surface area (Å²) in [6.45, 7) is 5.38. The fourth-order valence-electron chi connectivity index (χ4n) is 4.92. The van der Waals surface area contributed by atoms with E-state index in [9.17, 15) is 0 Å². The maximum Gasteiger partial charge on any atom is 0.147 e. The third-order valence-corrected chi connectivity index (χ3v) is 8.05. The molecule has 1 aliphatic rings. The third-order valence-electron chi connectivity index (χ3n) is 7.02. The van der Waals surface area contributed by atoms with E-state index in [1.807, 2.05) is 0 Å². The summed E-state index contributed by atoms with van der Waals surface area (Å²) < 4.78 is 6.02. The zero-order valence-electron chi connectivity index (χ0n) is 20.5. The summed E-state index contributed by atoms with van der Waals surface area (Å²) >= 11 is 1.73. The molecule has 0 atom stereocenters. The molecule has 0 bridgehead atoms. The van der Waals surface area contributed by atoms with E-state index in [-0.39, 0.29) is 0 Å². The fraction of sp³-hybridized carbons (Fsp3) is 0.714. The van der Waals surface area contributed by atoms with Crippen molar-refractivity contribution < 1.29 is 4.74 Å². The quantitative estimate of drug-likeness (QED) is 0.251. The summed E-state index contributed by atoms with van der Waals surface area (Å²) in [5.41, 5.74) is 1.14. The average Bonchev–Trinajstić information content (AvgIpc) is 3.30. The van der Waals surface area contributed by atoms with Crippen molar-refractivity contribution in [3.05, 3.63) is 29.3 Å². The van der Waals surface area contributed by atoms with Gasteiger partial charge in [-0.15, -0.1) is 10.2 Å². The molecular weight excluding hydrogens is 412 g/mol. The van der Waals surface area contributed by atoms with E-state index < -0.39 is 0 Å².